The molecule has 0 saturated heterocycles. The average molecular weight is 506 g/mol. The first-order valence-corrected chi connectivity index (χ1v) is 12.6. The Balaban J connectivity index is 2.31. The van der Waals surface area contributed by atoms with Gasteiger partial charge in [-0.1, -0.05) is 6.07 Å². The van der Waals surface area contributed by atoms with E-state index in [-0.39, 0.29) is 11.3 Å². The topological polar surface area (TPSA) is 137 Å². The molecular formula is C25H35N3O6S. The van der Waals surface area contributed by atoms with Gasteiger partial charge in [-0.25, -0.2) is 18.0 Å². The average Bonchev–Trinajstić information content (AvgIpc) is 2.67. The lowest BCUT2D eigenvalue weighted by molar-refractivity contribution is -0.157. The number of aryl methyl sites for hydroxylation is 1. The van der Waals surface area contributed by atoms with Crippen molar-refractivity contribution in [3.8, 4) is 0 Å². The Bertz CT molecular complexity index is 1160. The van der Waals surface area contributed by atoms with Gasteiger partial charge in [-0.05, 0) is 96.0 Å². The Morgan fingerprint density at radius 2 is 1.51 bits per heavy atom. The van der Waals surface area contributed by atoms with Crippen molar-refractivity contribution in [2.75, 3.05) is 10.5 Å². The molecule has 2 aromatic rings. The van der Waals surface area contributed by atoms with E-state index in [1.165, 1.54) is 24.3 Å². The Kier molecular flexibility index (Phi) is 8.43. The van der Waals surface area contributed by atoms with Crippen LogP contribution >= 0.6 is 0 Å². The van der Waals surface area contributed by atoms with Gasteiger partial charge in [0.05, 0.1) is 4.90 Å². The lowest BCUT2D eigenvalue weighted by atomic mass is 10.00. The van der Waals surface area contributed by atoms with Gasteiger partial charge in [0.15, 0.2) is 0 Å². The Labute approximate surface area is 207 Å². The third kappa shape index (κ3) is 9.12. The van der Waals surface area contributed by atoms with Gasteiger partial charge in [0, 0.05) is 17.8 Å². The number of sulfonamides is 1. The second-order valence-electron chi connectivity index (χ2n) is 10.3. The summed E-state index contributed by atoms with van der Waals surface area (Å²) in [5.41, 5.74) is 6.34. The number of carbonyl (C=O) groups is 2. The van der Waals surface area contributed by atoms with Gasteiger partial charge < -0.3 is 20.5 Å². The Hall–Kier alpha value is -3.27. The summed E-state index contributed by atoms with van der Waals surface area (Å²) in [7, 11) is -3.85. The van der Waals surface area contributed by atoms with Crippen LogP contribution in [0.25, 0.3) is 0 Å². The van der Waals surface area contributed by atoms with Crippen LogP contribution < -0.4 is 15.8 Å². The van der Waals surface area contributed by atoms with E-state index in [0.717, 1.165) is 5.56 Å². The minimum Gasteiger partial charge on any atom is -0.458 e. The molecule has 0 aliphatic heterocycles. The molecule has 192 valence electrons. The number of carbonyl (C=O) groups excluding carboxylic acids is 2. The number of nitrogens with two attached hydrogens (primary N) is 1. The van der Waals surface area contributed by atoms with E-state index in [9.17, 15) is 18.0 Å². The first-order valence-electron chi connectivity index (χ1n) is 11.2. The molecule has 0 aromatic heterocycles. The summed E-state index contributed by atoms with van der Waals surface area (Å²) in [5, 5.41) is 2.58. The van der Waals surface area contributed by atoms with Crippen LogP contribution in [-0.2, 0) is 30.7 Å². The molecule has 0 radical (unpaired) electrons. The van der Waals surface area contributed by atoms with Gasteiger partial charge in [0.2, 0.25) is 0 Å². The molecule has 0 spiro atoms. The number of ether oxygens (including phenoxy) is 2. The molecule has 1 amide bonds. The van der Waals surface area contributed by atoms with Gasteiger partial charge in [-0.15, -0.1) is 0 Å². The third-order valence-electron chi connectivity index (χ3n) is 4.60. The number of amides is 1. The van der Waals surface area contributed by atoms with Crippen molar-refractivity contribution in [3.05, 3.63) is 53.6 Å². The smallest absolute Gasteiger partial charge is 0.408 e. The van der Waals surface area contributed by atoms with Crippen LogP contribution in [0.15, 0.2) is 47.4 Å². The molecule has 0 bridgehead atoms. The van der Waals surface area contributed by atoms with Crippen molar-refractivity contribution in [3.63, 3.8) is 0 Å². The van der Waals surface area contributed by atoms with Crippen molar-refractivity contribution in [1.29, 1.82) is 0 Å². The zero-order valence-electron chi connectivity index (χ0n) is 21.3. The summed E-state index contributed by atoms with van der Waals surface area (Å²) in [5.74, 6) is -0.629. The number of benzene rings is 2. The van der Waals surface area contributed by atoms with E-state index in [2.05, 4.69) is 10.0 Å². The molecule has 0 aliphatic carbocycles. The predicted octanol–water partition coefficient (Wildman–Crippen LogP) is 4.16. The predicted molar refractivity (Wildman–Crippen MR) is 136 cm³/mol. The minimum absolute atomic E-state index is 0.0621. The molecule has 0 saturated carbocycles. The van der Waals surface area contributed by atoms with Crippen LogP contribution in [0, 0.1) is 6.92 Å². The van der Waals surface area contributed by atoms with E-state index in [0.29, 0.717) is 16.9 Å². The maximum absolute atomic E-state index is 12.9. The molecule has 2 aromatic carbocycles. The quantitative estimate of drug-likeness (QED) is 0.380. The summed E-state index contributed by atoms with van der Waals surface area (Å²) in [6, 6.07) is 9.76. The Morgan fingerprint density at radius 1 is 0.943 bits per heavy atom. The van der Waals surface area contributed by atoms with E-state index in [1.807, 2.05) is 6.92 Å². The fourth-order valence-electron chi connectivity index (χ4n) is 3.05. The zero-order valence-corrected chi connectivity index (χ0v) is 22.1. The fourth-order valence-corrected chi connectivity index (χ4v) is 4.10. The van der Waals surface area contributed by atoms with Gasteiger partial charge in [-0.3, -0.25) is 4.72 Å². The normalized spacial score (nSPS) is 13.0. The van der Waals surface area contributed by atoms with Crippen LogP contribution in [0.3, 0.4) is 0 Å². The molecule has 0 heterocycles. The van der Waals surface area contributed by atoms with Gasteiger partial charge >= 0.3 is 12.1 Å². The number of anilines is 2. The minimum atomic E-state index is -3.85. The molecule has 4 N–H and O–H groups in total. The highest BCUT2D eigenvalue weighted by molar-refractivity contribution is 7.92. The second kappa shape index (κ2) is 10.6. The summed E-state index contributed by atoms with van der Waals surface area (Å²) in [6.07, 6.45) is -0.691. The van der Waals surface area contributed by atoms with Crippen molar-refractivity contribution in [2.45, 2.75) is 77.0 Å². The maximum atomic E-state index is 12.9. The highest BCUT2D eigenvalue weighted by Gasteiger charge is 2.29. The molecule has 35 heavy (non-hydrogen) atoms. The van der Waals surface area contributed by atoms with Crippen LogP contribution in [0.2, 0.25) is 0 Å². The number of rotatable bonds is 7. The van der Waals surface area contributed by atoms with E-state index >= 15 is 0 Å². The fraction of sp³-hybridized carbons (Fsp3) is 0.440. The van der Waals surface area contributed by atoms with Crippen molar-refractivity contribution < 1.29 is 27.5 Å². The second-order valence-corrected chi connectivity index (χ2v) is 11.9. The third-order valence-corrected chi connectivity index (χ3v) is 6.00. The number of nitrogens with one attached hydrogen (secondary N) is 2. The van der Waals surface area contributed by atoms with Gasteiger partial charge in [0.1, 0.15) is 17.2 Å². The van der Waals surface area contributed by atoms with Crippen LogP contribution in [0.5, 0.6) is 0 Å². The zero-order chi connectivity index (χ0) is 26.6. The van der Waals surface area contributed by atoms with Gasteiger partial charge in [-0.2, -0.15) is 0 Å². The highest BCUT2D eigenvalue weighted by Crippen LogP contribution is 2.22. The first-order chi connectivity index (χ1) is 15.9. The van der Waals surface area contributed by atoms with E-state index < -0.39 is 39.3 Å². The molecule has 9 nitrogen and oxygen atoms in total. The lowest BCUT2D eigenvalue weighted by Crippen LogP contribution is -2.47. The summed E-state index contributed by atoms with van der Waals surface area (Å²) in [6.45, 7) is 12.2. The lowest BCUT2D eigenvalue weighted by Gasteiger charge is -2.26. The van der Waals surface area contributed by atoms with Crippen LogP contribution in [0.1, 0.15) is 52.7 Å². The van der Waals surface area contributed by atoms with Crippen molar-refractivity contribution in [1.82, 2.24) is 5.32 Å². The maximum Gasteiger partial charge on any atom is 0.408 e. The van der Waals surface area contributed by atoms with E-state index in [4.69, 9.17) is 15.2 Å². The molecule has 0 aliphatic rings. The molecule has 2 rings (SSSR count). The molecular weight excluding hydrogens is 470 g/mol. The number of nitrogen functional groups attached to an aromatic ring is 1. The van der Waals surface area contributed by atoms with E-state index in [1.54, 1.807) is 59.7 Å². The molecule has 0 unspecified atom stereocenters. The molecule has 1 atom stereocenters. The first kappa shape index (κ1) is 28.0. The van der Waals surface area contributed by atoms with Crippen LogP contribution in [-0.4, -0.2) is 37.7 Å². The number of esters is 1. The van der Waals surface area contributed by atoms with Gasteiger partial charge in [0.25, 0.3) is 10.0 Å². The number of hydrogen-bond donors (Lipinski definition) is 3. The monoisotopic (exact) mass is 505 g/mol. The summed E-state index contributed by atoms with van der Waals surface area (Å²) >= 11 is 0. The SMILES string of the molecule is Cc1ccc(NS(=O)(=O)c2ccc(N)cc2)cc1C[C@H](NC(=O)OC(C)(C)C)C(=O)OC(C)(C)C. The highest BCUT2D eigenvalue weighted by atomic mass is 32.2. The number of hydrogen-bond acceptors (Lipinski definition) is 7. The standard InChI is InChI=1S/C25H35N3O6S/c1-16-8-11-19(28-35(31,32)20-12-9-18(26)10-13-20)14-17(16)15-21(22(29)33-24(2,3)4)27-23(30)34-25(5,6)7/h8-14,21,28H,15,26H2,1-7H3,(H,27,30)/t21-/m0/s1. The van der Waals surface area contributed by atoms with Crippen molar-refractivity contribution >= 4 is 33.5 Å². The molecule has 0 fully saturated rings. The number of alkyl carbamates (subject to hydrolysis) is 1. The summed E-state index contributed by atoms with van der Waals surface area (Å²) in [4.78, 5) is 25.4. The summed E-state index contributed by atoms with van der Waals surface area (Å²) < 4.78 is 38.9. The van der Waals surface area contributed by atoms with Crippen molar-refractivity contribution in [2.24, 2.45) is 0 Å². The molecule has 10 heteroatoms. The Morgan fingerprint density at radius 3 is 2.06 bits per heavy atom. The van der Waals surface area contributed by atoms with Crippen LogP contribution in [0.4, 0.5) is 16.2 Å². The largest absolute Gasteiger partial charge is 0.458 e.